The molecule has 0 unspecified atom stereocenters. The van der Waals surface area contributed by atoms with Crippen LogP contribution in [0.2, 0.25) is 0 Å². The number of H-pyrrole nitrogens is 1. The van der Waals surface area contributed by atoms with Crippen molar-refractivity contribution in [3.63, 3.8) is 0 Å². The van der Waals surface area contributed by atoms with Crippen molar-refractivity contribution in [3.8, 4) is 11.5 Å². The Morgan fingerprint density at radius 2 is 1.88 bits per heavy atom. The highest BCUT2D eigenvalue weighted by Crippen LogP contribution is 2.29. The maximum atomic E-state index is 12.3. The Bertz CT molecular complexity index is 1370. The van der Waals surface area contributed by atoms with Crippen molar-refractivity contribution in [1.29, 1.82) is 0 Å². The number of rotatable bonds is 7. The topological polar surface area (TPSA) is 93.6 Å². The highest BCUT2D eigenvalue weighted by Gasteiger charge is 2.14. The summed E-state index contributed by atoms with van der Waals surface area (Å²) in [7, 11) is 1.64. The Kier molecular flexibility index (Phi) is 5.90. The van der Waals surface area contributed by atoms with Crippen LogP contribution in [0.4, 0.5) is 0 Å². The summed E-state index contributed by atoms with van der Waals surface area (Å²) in [6.45, 7) is 5.82. The summed E-state index contributed by atoms with van der Waals surface area (Å²) in [5.41, 5.74) is 4.44. The molecule has 32 heavy (non-hydrogen) atoms. The second kappa shape index (κ2) is 8.78. The summed E-state index contributed by atoms with van der Waals surface area (Å²) in [6, 6.07) is 9.52. The van der Waals surface area contributed by atoms with E-state index in [-0.39, 0.29) is 18.1 Å². The number of hydrogen-bond donors (Lipinski definition) is 2. The normalized spacial score (nSPS) is 11.1. The number of aromatic amines is 1. The van der Waals surface area contributed by atoms with Gasteiger partial charge >= 0.3 is 5.63 Å². The van der Waals surface area contributed by atoms with Crippen molar-refractivity contribution >= 4 is 27.8 Å². The van der Waals surface area contributed by atoms with Crippen molar-refractivity contribution in [2.45, 2.75) is 27.2 Å². The average Bonchev–Trinajstić information content (AvgIpc) is 3.19. The fraction of sp³-hybridized carbons (Fsp3) is 0.280. The van der Waals surface area contributed by atoms with Gasteiger partial charge in [0.15, 0.2) is 6.61 Å². The molecule has 2 aromatic carbocycles. The van der Waals surface area contributed by atoms with Gasteiger partial charge in [0.05, 0.1) is 7.11 Å². The lowest BCUT2D eigenvalue weighted by Crippen LogP contribution is -2.30. The van der Waals surface area contributed by atoms with Crippen LogP contribution < -0.4 is 20.4 Å². The van der Waals surface area contributed by atoms with Gasteiger partial charge in [0, 0.05) is 40.2 Å². The third-order valence-corrected chi connectivity index (χ3v) is 5.87. The van der Waals surface area contributed by atoms with Crippen LogP contribution in [0.5, 0.6) is 11.5 Å². The van der Waals surface area contributed by atoms with Crippen LogP contribution >= 0.6 is 0 Å². The molecular weight excluding hydrogens is 408 g/mol. The molecule has 4 rings (SSSR count). The summed E-state index contributed by atoms with van der Waals surface area (Å²) in [6.07, 6.45) is 2.63. The maximum absolute atomic E-state index is 12.3. The molecule has 0 radical (unpaired) electrons. The molecule has 0 spiro atoms. The fourth-order valence-corrected chi connectivity index (χ4v) is 3.80. The number of hydrogen-bond acceptors (Lipinski definition) is 5. The molecule has 0 fully saturated rings. The molecule has 0 aliphatic carbocycles. The number of methoxy groups -OCH3 is 1. The van der Waals surface area contributed by atoms with Crippen molar-refractivity contribution in [2.24, 2.45) is 0 Å². The predicted octanol–water partition coefficient (Wildman–Crippen LogP) is 3.95. The lowest BCUT2D eigenvalue weighted by atomic mass is 10.0. The Hall–Kier alpha value is -3.74. The van der Waals surface area contributed by atoms with Gasteiger partial charge in [-0.2, -0.15) is 0 Å². The number of carbonyl (C=O) groups is 1. The van der Waals surface area contributed by atoms with Crippen LogP contribution in [0, 0.1) is 20.8 Å². The Labute approximate surface area is 185 Å². The zero-order chi connectivity index (χ0) is 22.8. The standard InChI is InChI=1S/C25H26N2O5/c1-14-15(2)25(29)32-24-16(3)22(8-6-19(14)24)31-13-23(28)26-10-9-17-12-27-21-7-5-18(30-4)11-20(17)21/h5-8,11-12,27H,9-10,13H2,1-4H3,(H,26,28). The minimum Gasteiger partial charge on any atom is -0.497 e. The smallest absolute Gasteiger partial charge is 0.339 e. The van der Waals surface area contributed by atoms with E-state index in [1.165, 1.54) is 0 Å². The molecule has 0 atom stereocenters. The molecule has 2 N–H and O–H groups in total. The number of ether oxygens (including phenoxy) is 2. The van der Waals surface area contributed by atoms with Gasteiger partial charge in [-0.05, 0) is 68.7 Å². The molecule has 4 aromatic rings. The van der Waals surface area contributed by atoms with Crippen molar-refractivity contribution < 1.29 is 18.7 Å². The summed E-state index contributed by atoms with van der Waals surface area (Å²) < 4.78 is 16.5. The van der Waals surface area contributed by atoms with E-state index >= 15 is 0 Å². The maximum Gasteiger partial charge on any atom is 0.339 e. The molecule has 0 aliphatic heterocycles. The van der Waals surface area contributed by atoms with E-state index < -0.39 is 0 Å². The van der Waals surface area contributed by atoms with Crippen LogP contribution in [0.3, 0.4) is 0 Å². The van der Waals surface area contributed by atoms with E-state index in [2.05, 4.69) is 10.3 Å². The van der Waals surface area contributed by atoms with Gasteiger partial charge < -0.3 is 24.2 Å². The zero-order valence-electron chi connectivity index (χ0n) is 18.6. The second-order valence-electron chi connectivity index (χ2n) is 7.82. The first-order chi connectivity index (χ1) is 15.4. The molecule has 166 valence electrons. The van der Waals surface area contributed by atoms with Crippen LogP contribution in [0.15, 0.2) is 45.7 Å². The Morgan fingerprint density at radius 3 is 2.66 bits per heavy atom. The van der Waals surface area contributed by atoms with E-state index in [0.717, 1.165) is 33.2 Å². The van der Waals surface area contributed by atoms with Crippen LogP contribution in [0.25, 0.3) is 21.9 Å². The van der Waals surface area contributed by atoms with Gasteiger partial charge in [-0.15, -0.1) is 0 Å². The largest absolute Gasteiger partial charge is 0.497 e. The molecule has 2 aromatic heterocycles. The lowest BCUT2D eigenvalue weighted by Gasteiger charge is -2.12. The van der Waals surface area contributed by atoms with E-state index in [1.54, 1.807) is 20.1 Å². The average molecular weight is 434 g/mol. The number of aromatic nitrogens is 1. The molecule has 0 saturated heterocycles. The number of amides is 1. The minimum atomic E-state index is -0.358. The van der Waals surface area contributed by atoms with Crippen molar-refractivity contribution in [2.75, 3.05) is 20.3 Å². The van der Waals surface area contributed by atoms with Crippen molar-refractivity contribution in [1.82, 2.24) is 10.3 Å². The lowest BCUT2D eigenvalue weighted by molar-refractivity contribution is -0.123. The molecule has 2 heterocycles. The van der Waals surface area contributed by atoms with E-state index in [9.17, 15) is 9.59 Å². The zero-order valence-corrected chi connectivity index (χ0v) is 18.6. The van der Waals surface area contributed by atoms with Crippen LogP contribution in [-0.4, -0.2) is 31.2 Å². The van der Waals surface area contributed by atoms with E-state index in [1.807, 2.05) is 44.3 Å². The number of nitrogens with one attached hydrogen (secondary N) is 2. The molecular formula is C25H26N2O5. The third-order valence-electron chi connectivity index (χ3n) is 5.87. The molecule has 0 bridgehead atoms. The van der Waals surface area contributed by atoms with Gasteiger partial charge in [-0.1, -0.05) is 0 Å². The van der Waals surface area contributed by atoms with Gasteiger partial charge in [0.2, 0.25) is 0 Å². The third kappa shape index (κ3) is 4.06. The van der Waals surface area contributed by atoms with Gasteiger partial charge in [0.1, 0.15) is 17.1 Å². The summed E-state index contributed by atoms with van der Waals surface area (Å²) in [5, 5.41) is 4.83. The number of fused-ring (bicyclic) bond motifs is 2. The fourth-order valence-electron chi connectivity index (χ4n) is 3.80. The Morgan fingerprint density at radius 1 is 1.06 bits per heavy atom. The predicted molar refractivity (Wildman–Crippen MR) is 124 cm³/mol. The van der Waals surface area contributed by atoms with Crippen molar-refractivity contribution in [3.05, 3.63) is 69.2 Å². The molecule has 1 amide bonds. The highest BCUT2D eigenvalue weighted by atomic mass is 16.5. The summed E-state index contributed by atoms with van der Waals surface area (Å²) in [5.74, 6) is 1.09. The first kappa shape index (κ1) is 21.5. The quantitative estimate of drug-likeness (QED) is 0.430. The molecule has 0 aliphatic rings. The van der Waals surface area contributed by atoms with Crippen LogP contribution in [0.1, 0.15) is 22.3 Å². The van der Waals surface area contributed by atoms with E-state index in [4.69, 9.17) is 13.9 Å². The van der Waals surface area contributed by atoms with Gasteiger partial charge in [-0.25, -0.2) is 4.79 Å². The van der Waals surface area contributed by atoms with Gasteiger partial charge in [-0.3, -0.25) is 4.79 Å². The first-order valence-electron chi connectivity index (χ1n) is 10.5. The minimum absolute atomic E-state index is 0.122. The number of benzene rings is 2. The highest BCUT2D eigenvalue weighted by molar-refractivity contribution is 5.86. The number of aryl methyl sites for hydroxylation is 2. The first-order valence-corrected chi connectivity index (χ1v) is 10.5. The van der Waals surface area contributed by atoms with E-state index in [0.29, 0.717) is 35.4 Å². The number of carbonyl (C=O) groups excluding carboxylic acids is 1. The summed E-state index contributed by atoms with van der Waals surface area (Å²) >= 11 is 0. The molecule has 0 saturated carbocycles. The molecule has 7 heteroatoms. The van der Waals surface area contributed by atoms with Crippen LogP contribution in [-0.2, 0) is 11.2 Å². The summed E-state index contributed by atoms with van der Waals surface area (Å²) in [4.78, 5) is 27.6. The SMILES string of the molecule is COc1ccc2[nH]cc(CCNC(=O)COc3ccc4c(C)c(C)c(=O)oc4c3C)c2c1. The molecule has 7 nitrogen and oxygen atoms in total. The second-order valence-corrected chi connectivity index (χ2v) is 7.82. The van der Waals surface area contributed by atoms with Gasteiger partial charge in [0.25, 0.3) is 5.91 Å². The monoisotopic (exact) mass is 434 g/mol. The Balaban J connectivity index is 1.37.